The van der Waals surface area contributed by atoms with Crippen LogP contribution in [0.25, 0.3) is 0 Å². The van der Waals surface area contributed by atoms with E-state index < -0.39 is 0 Å². The number of benzene rings is 1. The molecule has 2 aliphatic rings. The Morgan fingerprint density at radius 1 is 1.00 bits per heavy atom. The van der Waals surface area contributed by atoms with Gasteiger partial charge in [-0.1, -0.05) is 0 Å². The summed E-state index contributed by atoms with van der Waals surface area (Å²) in [6.07, 6.45) is 0.746. The van der Waals surface area contributed by atoms with E-state index in [1.165, 1.54) is 5.69 Å². The number of anilines is 1. The molecule has 0 spiro atoms. The van der Waals surface area contributed by atoms with Crippen molar-refractivity contribution in [2.75, 3.05) is 31.2 Å². The number of rotatable bonds is 5. The molecule has 2 saturated heterocycles. The molecule has 0 amide bonds. The molecule has 6 heteroatoms. The molecule has 0 radical (unpaired) electrons. The Hall–Kier alpha value is 0.380. The van der Waals surface area contributed by atoms with Gasteiger partial charge in [0.1, 0.15) is 0 Å². The van der Waals surface area contributed by atoms with Crippen LogP contribution in [-0.2, 0) is 9.47 Å². The van der Waals surface area contributed by atoms with Gasteiger partial charge in [-0.25, -0.2) is 0 Å². The van der Waals surface area contributed by atoms with E-state index in [1.807, 2.05) is 0 Å². The second-order valence-electron chi connectivity index (χ2n) is 4.51. The summed E-state index contributed by atoms with van der Waals surface area (Å²) >= 11 is 10.7. The lowest BCUT2D eigenvalue weighted by Gasteiger charge is -2.25. The van der Waals surface area contributed by atoms with Crippen molar-refractivity contribution in [1.29, 1.82) is 0 Å². The first-order valence-electron chi connectivity index (χ1n) is 5.77. The second-order valence-corrected chi connectivity index (χ2v) is 6.95. The predicted molar refractivity (Wildman–Crippen MR) is 81.2 cm³/mol. The molecule has 2 atom stereocenters. The molecule has 1 aromatic carbocycles. The van der Waals surface area contributed by atoms with Crippen molar-refractivity contribution in [2.45, 2.75) is 12.2 Å². The third kappa shape index (κ3) is 3.10. The zero-order valence-corrected chi connectivity index (χ0v) is 14.3. The summed E-state index contributed by atoms with van der Waals surface area (Å²) in [6, 6.07) is 4.17. The van der Waals surface area contributed by atoms with Crippen LogP contribution in [0.4, 0.5) is 5.69 Å². The van der Waals surface area contributed by atoms with Crippen molar-refractivity contribution >= 4 is 53.5 Å². The van der Waals surface area contributed by atoms with E-state index in [2.05, 4.69) is 64.8 Å². The van der Waals surface area contributed by atoms with Crippen LogP contribution < -0.4 is 4.90 Å². The van der Waals surface area contributed by atoms with Crippen LogP contribution in [0.2, 0.25) is 0 Å². The Morgan fingerprint density at radius 2 is 1.56 bits per heavy atom. The SMILES string of the molecule is Brc1ccc(N(CC2CO2)CC2CO2)c(Br)c1Br. The van der Waals surface area contributed by atoms with Crippen molar-refractivity contribution in [1.82, 2.24) is 0 Å². The number of epoxide rings is 2. The monoisotopic (exact) mass is 439 g/mol. The topological polar surface area (TPSA) is 28.3 Å². The lowest BCUT2D eigenvalue weighted by atomic mass is 10.2. The molecule has 2 heterocycles. The number of ether oxygens (including phenoxy) is 2. The molecule has 18 heavy (non-hydrogen) atoms. The molecule has 2 aliphatic heterocycles. The van der Waals surface area contributed by atoms with Crippen LogP contribution in [0.3, 0.4) is 0 Å². The predicted octanol–water partition coefficient (Wildman–Crippen LogP) is 3.58. The number of hydrogen-bond donors (Lipinski definition) is 0. The van der Waals surface area contributed by atoms with Gasteiger partial charge >= 0.3 is 0 Å². The fraction of sp³-hybridized carbons (Fsp3) is 0.500. The van der Waals surface area contributed by atoms with Crippen molar-refractivity contribution in [2.24, 2.45) is 0 Å². The molecule has 2 fully saturated rings. The van der Waals surface area contributed by atoms with Crippen LogP contribution in [0.5, 0.6) is 0 Å². The molecule has 0 aliphatic carbocycles. The van der Waals surface area contributed by atoms with Crippen LogP contribution >= 0.6 is 47.8 Å². The van der Waals surface area contributed by atoms with E-state index >= 15 is 0 Å². The minimum absolute atomic E-state index is 0.373. The van der Waals surface area contributed by atoms with E-state index in [1.54, 1.807) is 0 Å². The van der Waals surface area contributed by atoms with Gasteiger partial charge < -0.3 is 14.4 Å². The smallest absolute Gasteiger partial charge is 0.0984 e. The van der Waals surface area contributed by atoms with E-state index in [4.69, 9.17) is 9.47 Å². The third-order valence-electron chi connectivity index (χ3n) is 3.01. The average molecular weight is 442 g/mol. The zero-order chi connectivity index (χ0) is 12.7. The number of hydrogen-bond acceptors (Lipinski definition) is 3. The van der Waals surface area contributed by atoms with Crippen molar-refractivity contribution < 1.29 is 9.47 Å². The highest BCUT2D eigenvalue weighted by Gasteiger charge is 2.31. The maximum absolute atomic E-state index is 5.34. The molecule has 0 bridgehead atoms. The maximum Gasteiger partial charge on any atom is 0.0984 e. The standard InChI is InChI=1S/C12H12Br3NO2/c13-9-1-2-10(12(15)11(9)14)16(3-7-5-17-7)4-8-6-18-8/h1-2,7-8H,3-6H2. The Bertz CT molecular complexity index is 447. The molecule has 2 unspecified atom stereocenters. The molecule has 0 aromatic heterocycles. The van der Waals surface area contributed by atoms with Gasteiger partial charge in [0.2, 0.25) is 0 Å². The minimum Gasteiger partial charge on any atom is -0.371 e. The lowest BCUT2D eigenvalue weighted by molar-refractivity contribution is 0.389. The van der Waals surface area contributed by atoms with Crippen LogP contribution in [0.15, 0.2) is 25.6 Å². The van der Waals surface area contributed by atoms with Crippen LogP contribution in [-0.4, -0.2) is 38.5 Å². The maximum atomic E-state index is 5.34. The van der Waals surface area contributed by atoms with E-state index in [0.717, 1.165) is 39.7 Å². The first-order valence-corrected chi connectivity index (χ1v) is 8.14. The molecule has 3 rings (SSSR count). The fourth-order valence-corrected chi connectivity index (χ4v) is 3.40. The molecule has 0 saturated carbocycles. The van der Waals surface area contributed by atoms with Gasteiger partial charge in [-0.3, -0.25) is 0 Å². The van der Waals surface area contributed by atoms with Gasteiger partial charge in [0.05, 0.1) is 35.6 Å². The second kappa shape index (κ2) is 5.40. The largest absolute Gasteiger partial charge is 0.371 e. The molecule has 0 N–H and O–H groups in total. The summed E-state index contributed by atoms with van der Waals surface area (Å²) in [5, 5.41) is 0. The molecule has 1 aromatic rings. The lowest BCUT2D eigenvalue weighted by Crippen LogP contribution is -2.31. The van der Waals surface area contributed by atoms with Crippen LogP contribution in [0.1, 0.15) is 0 Å². The Morgan fingerprint density at radius 3 is 2.06 bits per heavy atom. The molecular weight excluding hydrogens is 430 g/mol. The summed E-state index contributed by atoms with van der Waals surface area (Å²) in [7, 11) is 0. The van der Waals surface area contributed by atoms with E-state index in [9.17, 15) is 0 Å². The molecular formula is C12H12Br3NO2. The minimum atomic E-state index is 0.373. The van der Waals surface area contributed by atoms with Crippen molar-refractivity contribution in [3.8, 4) is 0 Å². The Kier molecular flexibility index (Phi) is 4.01. The first-order chi connectivity index (χ1) is 8.65. The third-order valence-corrected chi connectivity index (χ3v) is 6.36. The summed E-state index contributed by atoms with van der Waals surface area (Å²) in [5.74, 6) is 0. The highest BCUT2D eigenvalue weighted by molar-refractivity contribution is 9.14. The van der Waals surface area contributed by atoms with Gasteiger partial charge in [0, 0.05) is 22.0 Å². The summed E-state index contributed by atoms with van der Waals surface area (Å²) in [5.41, 5.74) is 1.18. The highest BCUT2D eigenvalue weighted by atomic mass is 79.9. The fourth-order valence-electron chi connectivity index (χ4n) is 1.87. The zero-order valence-electron chi connectivity index (χ0n) is 9.54. The number of halogens is 3. The normalized spacial score (nSPS) is 25.1. The van der Waals surface area contributed by atoms with E-state index in [0.29, 0.717) is 12.2 Å². The van der Waals surface area contributed by atoms with E-state index in [-0.39, 0.29) is 0 Å². The van der Waals surface area contributed by atoms with Crippen molar-refractivity contribution in [3.63, 3.8) is 0 Å². The Balaban J connectivity index is 1.84. The Labute approximate surface area is 131 Å². The van der Waals surface area contributed by atoms with Gasteiger partial charge in [-0.05, 0) is 59.9 Å². The molecule has 3 nitrogen and oxygen atoms in total. The first kappa shape index (κ1) is 13.4. The van der Waals surface area contributed by atoms with Gasteiger partial charge in [0.15, 0.2) is 0 Å². The summed E-state index contributed by atoms with van der Waals surface area (Å²) in [4.78, 5) is 2.33. The quantitative estimate of drug-likeness (QED) is 0.516. The van der Waals surface area contributed by atoms with Gasteiger partial charge in [-0.15, -0.1) is 0 Å². The van der Waals surface area contributed by atoms with Gasteiger partial charge in [-0.2, -0.15) is 0 Å². The summed E-state index contributed by atoms with van der Waals surface area (Å²) in [6.45, 7) is 3.59. The van der Waals surface area contributed by atoms with Crippen molar-refractivity contribution in [3.05, 3.63) is 25.6 Å². The summed E-state index contributed by atoms with van der Waals surface area (Å²) < 4.78 is 13.8. The average Bonchev–Trinajstić information content (AvgIpc) is 3.21. The number of nitrogens with zero attached hydrogens (tertiary/aromatic N) is 1. The molecule has 98 valence electrons. The van der Waals surface area contributed by atoms with Crippen LogP contribution in [0, 0.1) is 0 Å². The highest BCUT2D eigenvalue weighted by Crippen LogP contribution is 2.39. The van der Waals surface area contributed by atoms with Gasteiger partial charge in [0.25, 0.3) is 0 Å².